The molecule has 0 aliphatic carbocycles. The molecule has 116 valence electrons. The van der Waals surface area contributed by atoms with Gasteiger partial charge in [-0.25, -0.2) is 13.6 Å². The fourth-order valence-corrected chi connectivity index (χ4v) is 3.33. The number of methoxy groups -OCH3 is 1. The number of benzene rings is 2. The summed E-state index contributed by atoms with van der Waals surface area (Å²) in [6.07, 6.45) is 0.943. The van der Waals surface area contributed by atoms with E-state index in [-0.39, 0.29) is 10.9 Å². The average molecular weight is 318 g/mol. The van der Waals surface area contributed by atoms with Crippen molar-refractivity contribution in [2.75, 3.05) is 13.7 Å². The Morgan fingerprint density at radius 3 is 2.55 bits per heavy atom. The molecule has 1 atom stereocenters. The van der Waals surface area contributed by atoms with Crippen molar-refractivity contribution in [2.24, 2.45) is 5.14 Å². The highest BCUT2D eigenvalue weighted by Crippen LogP contribution is 2.31. The lowest BCUT2D eigenvalue weighted by atomic mass is 9.90. The molecule has 5 nitrogen and oxygen atoms in total. The fourth-order valence-electron chi connectivity index (χ4n) is 2.82. The Morgan fingerprint density at radius 2 is 1.91 bits per heavy atom. The van der Waals surface area contributed by atoms with Gasteiger partial charge in [-0.05, 0) is 47.4 Å². The van der Waals surface area contributed by atoms with Gasteiger partial charge in [0.25, 0.3) is 0 Å². The average Bonchev–Trinajstić information content (AvgIpc) is 2.53. The summed E-state index contributed by atoms with van der Waals surface area (Å²) in [4.78, 5) is 0.127. The van der Waals surface area contributed by atoms with Gasteiger partial charge in [0.15, 0.2) is 0 Å². The fraction of sp³-hybridized carbons (Fsp3) is 0.250. The van der Waals surface area contributed by atoms with Gasteiger partial charge in [0.05, 0.1) is 18.0 Å². The summed E-state index contributed by atoms with van der Waals surface area (Å²) in [5, 5.41) is 8.60. The molecule has 1 aliphatic heterocycles. The molecule has 2 aromatic rings. The Hall–Kier alpha value is -1.89. The topological polar surface area (TPSA) is 81.4 Å². The predicted molar refractivity (Wildman–Crippen MR) is 84.4 cm³/mol. The maximum absolute atomic E-state index is 11.3. The summed E-state index contributed by atoms with van der Waals surface area (Å²) >= 11 is 0. The second-order valence-electron chi connectivity index (χ2n) is 5.32. The third kappa shape index (κ3) is 2.85. The van der Waals surface area contributed by atoms with Crippen LogP contribution in [-0.4, -0.2) is 22.1 Å². The normalized spacial score (nSPS) is 17.8. The molecule has 0 fully saturated rings. The number of rotatable bonds is 3. The van der Waals surface area contributed by atoms with Gasteiger partial charge in [-0.1, -0.05) is 18.2 Å². The monoisotopic (exact) mass is 318 g/mol. The van der Waals surface area contributed by atoms with Gasteiger partial charge < -0.3 is 10.1 Å². The standard InChI is InChI=1S/C16H18N2O3S/c1-21-13-4-7-15-12(10-13)8-9-18-16(15)11-2-5-14(6-3-11)22(17,19)20/h2-7,10,16,18H,8-9H2,1H3,(H2,17,19,20). The van der Waals surface area contributed by atoms with E-state index in [4.69, 9.17) is 9.88 Å². The zero-order valence-electron chi connectivity index (χ0n) is 12.2. The van der Waals surface area contributed by atoms with Crippen LogP contribution in [0.25, 0.3) is 0 Å². The molecule has 0 saturated carbocycles. The van der Waals surface area contributed by atoms with Crippen molar-refractivity contribution in [2.45, 2.75) is 17.4 Å². The molecule has 6 heteroatoms. The van der Waals surface area contributed by atoms with Crippen molar-refractivity contribution >= 4 is 10.0 Å². The zero-order valence-corrected chi connectivity index (χ0v) is 13.1. The highest BCUT2D eigenvalue weighted by Gasteiger charge is 2.22. The summed E-state index contributed by atoms with van der Waals surface area (Å²) in [7, 11) is -2.00. The minimum atomic E-state index is -3.66. The van der Waals surface area contributed by atoms with Crippen molar-refractivity contribution in [3.8, 4) is 5.75 Å². The lowest BCUT2D eigenvalue weighted by Gasteiger charge is -2.27. The predicted octanol–water partition coefficient (Wildman–Crippen LogP) is 1.58. The highest BCUT2D eigenvalue weighted by molar-refractivity contribution is 7.89. The SMILES string of the molecule is COc1ccc2c(c1)CCNC2c1ccc(S(N)(=O)=O)cc1. The molecule has 1 aliphatic rings. The van der Waals surface area contributed by atoms with E-state index in [1.165, 1.54) is 11.1 Å². The van der Waals surface area contributed by atoms with Crippen molar-refractivity contribution in [3.63, 3.8) is 0 Å². The summed E-state index contributed by atoms with van der Waals surface area (Å²) in [5.41, 5.74) is 3.45. The van der Waals surface area contributed by atoms with Gasteiger partial charge in [0, 0.05) is 6.54 Å². The van der Waals surface area contributed by atoms with Crippen LogP contribution in [0.15, 0.2) is 47.4 Å². The maximum atomic E-state index is 11.3. The molecule has 3 N–H and O–H groups in total. The lowest BCUT2D eigenvalue weighted by molar-refractivity contribution is 0.413. The number of fused-ring (bicyclic) bond motifs is 1. The molecule has 0 bridgehead atoms. The van der Waals surface area contributed by atoms with Crippen LogP contribution in [0.1, 0.15) is 22.7 Å². The zero-order chi connectivity index (χ0) is 15.7. The molecule has 0 aromatic heterocycles. The molecule has 1 unspecified atom stereocenters. The van der Waals surface area contributed by atoms with Crippen LogP contribution >= 0.6 is 0 Å². The Morgan fingerprint density at radius 1 is 1.18 bits per heavy atom. The van der Waals surface area contributed by atoms with E-state index in [9.17, 15) is 8.42 Å². The van der Waals surface area contributed by atoms with Crippen LogP contribution in [0.3, 0.4) is 0 Å². The first-order valence-corrected chi connectivity index (χ1v) is 8.56. The van der Waals surface area contributed by atoms with E-state index in [0.717, 1.165) is 24.3 Å². The van der Waals surface area contributed by atoms with Gasteiger partial charge in [-0.3, -0.25) is 0 Å². The molecule has 0 spiro atoms. The second kappa shape index (κ2) is 5.72. The van der Waals surface area contributed by atoms with Crippen LogP contribution in [-0.2, 0) is 16.4 Å². The number of hydrogen-bond acceptors (Lipinski definition) is 4. The van der Waals surface area contributed by atoms with E-state index in [1.54, 1.807) is 31.4 Å². The quantitative estimate of drug-likeness (QED) is 0.900. The van der Waals surface area contributed by atoms with Crippen molar-refractivity contribution in [1.29, 1.82) is 0 Å². The van der Waals surface area contributed by atoms with Crippen LogP contribution in [0.4, 0.5) is 0 Å². The van der Waals surface area contributed by atoms with Crippen LogP contribution in [0.2, 0.25) is 0 Å². The molecular formula is C16H18N2O3S. The van der Waals surface area contributed by atoms with Gasteiger partial charge in [-0.15, -0.1) is 0 Å². The Kier molecular flexibility index (Phi) is 3.90. The smallest absolute Gasteiger partial charge is 0.238 e. The summed E-state index contributed by atoms with van der Waals surface area (Å²) in [6.45, 7) is 0.863. The summed E-state index contributed by atoms with van der Waals surface area (Å²) in [5.74, 6) is 0.851. The van der Waals surface area contributed by atoms with Gasteiger partial charge >= 0.3 is 0 Å². The van der Waals surface area contributed by atoms with Gasteiger partial charge in [-0.2, -0.15) is 0 Å². The van der Waals surface area contributed by atoms with Crippen LogP contribution in [0.5, 0.6) is 5.75 Å². The molecule has 3 rings (SSSR count). The Bertz CT molecular complexity index is 786. The first-order chi connectivity index (χ1) is 10.5. The van der Waals surface area contributed by atoms with Gasteiger partial charge in [0.2, 0.25) is 10.0 Å². The molecular weight excluding hydrogens is 300 g/mol. The first-order valence-electron chi connectivity index (χ1n) is 7.02. The molecule has 22 heavy (non-hydrogen) atoms. The van der Waals surface area contributed by atoms with E-state index in [1.807, 2.05) is 6.07 Å². The first kappa shape index (κ1) is 15.0. The number of nitrogens with one attached hydrogen (secondary N) is 1. The van der Waals surface area contributed by atoms with Crippen LogP contribution in [0, 0.1) is 0 Å². The molecule has 1 heterocycles. The van der Waals surface area contributed by atoms with Crippen molar-refractivity contribution in [3.05, 3.63) is 59.2 Å². The van der Waals surface area contributed by atoms with Crippen molar-refractivity contribution < 1.29 is 13.2 Å². The molecule has 0 amide bonds. The number of sulfonamides is 1. The maximum Gasteiger partial charge on any atom is 0.238 e. The second-order valence-corrected chi connectivity index (χ2v) is 6.88. The third-order valence-electron chi connectivity index (χ3n) is 3.95. The van der Waals surface area contributed by atoms with Gasteiger partial charge in [0.1, 0.15) is 5.75 Å². The Balaban J connectivity index is 1.97. The largest absolute Gasteiger partial charge is 0.497 e. The highest BCUT2D eigenvalue weighted by atomic mass is 32.2. The van der Waals surface area contributed by atoms with E-state index in [2.05, 4.69) is 17.4 Å². The van der Waals surface area contributed by atoms with E-state index < -0.39 is 10.0 Å². The summed E-state index contributed by atoms with van der Waals surface area (Å²) in [6, 6.07) is 12.8. The lowest BCUT2D eigenvalue weighted by Crippen LogP contribution is -2.30. The number of hydrogen-bond donors (Lipinski definition) is 2. The number of primary sulfonamides is 1. The minimum Gasteiger partial charge on any atom is -0.497 e. The molecule has 2 aromatic carbocycles. The van der Waals surface area contributed by atoms with E-state index in [0.29, 0.717) is 0 Å². The summed E-state index contributed by atoms with van der Waals surface area (Å²) < 4.78 is 27.9. The van der Waals surface area contributed by atoms with E-state index >= 15 is 0 Å². The van der Waals surface area contributed by atoms with Crippen molar-refractivity contribution in [1.82, 2.24) is 5.32 Å². The Labute approximate surface area is 130 Å². The number of ether oxygens (including phenoxy) is 1. The van der Waals surface area contributed by atoms with Crippen LogP contribution < -0.4 is 15.2 Å². The molecule has 0 radical (unpaired) electrons. The number of nitrogens with two attached hydrogens (primary N) is 1. The third-order valence-corrected chi connectivity index (χ3v) is 4.88. The molecule has 0 saturated heterocycles. The minimum absolute atomic E-state index is 0.0455.